The van der Waals surface area contributed by atoms with Crippen molar-refractivity contribution >= 4 is 5.97 Å². The van der Waals surface area contributed by atoms with Gasteiger partial charge in [-0.25, -0.2) is 0 Å². The fourth-order valence-corrected chi connectivity index (χ4v) is 1.81. The van der Waals surface area contributed by atoms with Crippen molar-refractivity contribution in [2.24, 2.45) is 0 Å². The van der Waals surface area contributed by atoms with E-state index >= 15 is 0 Å². The zero-order valence-electron chi connectivity index (χ0n) is 8.19. The number of aliphatic carboxylic acids is 1. The zero-order valence-corrected chi connectivity index (χ0v) is 10.2. The van der Waals surface area contributed by atoms with E-state index in [0.29, 0.717) is 12.8 Å². The monoisotopic (exact) mass is 199 g/mol. The largest absolute Gasteiger partial charge is 1.00 e. The number of carboxylic acid groups (broad SMARTS) is 1. The van der Waals surface area contributed by atoms with Crippen LogP contribution in [0.1, 0.15) is 24.8 Å². The van der Waals surface area contributed by atoms with Gasteiger partial charge in [-0.1, -0.05) is 6.42 Å². The van der Waals surface area contributed by atoms with Crippen LogP contribution in [-0.4, -0.2) is 11.0 Å². The fraction of sp³-hybridized carbons (Fsp3) is 0.400. The SMILES string of the molecule is O=C([O-])C1(c2ccncc2)CCC1.[Na+]. The third kappa shape index (κ3) is 1.72. The van der Waals surface area contributed by atoms with Gasteiger partial charge in [-0.15, -0.1) is 0 Å². The fourth-order valence-electron chi connectivity index (χ4n) is 1.81. The first-order valence-electron chi connectivity index (χ1n) is 4.38. The summed E-state index contributed by atoms with van der Waals surface area (Å²) in [6.45, 7) is 0. The Morgan fingerprint density at radius 3 is 2.29 bits per heavy atom. The topological polar surface area (TPSA) is 53.0 Å². The molecule has 68 valence electrons. The van der Waals surface area contributed by atoms with Crippen molar-refractivity contribution in [1.82, 2.24) is 4.98 Å². The molecule has 0 N–H and O–H groups in total. The number of pyridine rings is 1. The number of carbonyl (C=O) groups is 1. The first-order chi connectivity index (χ1) is 6.26. The van der Waals surface area contributed by atoms with Crippen LogP contribution >= 0.6 is 0 Å². The molecule has 0 spiro atoms. The third-order valence-electron chi connectivity index (χ3n) is 2.83. The Morgan fingerprint density at radius 2 is 1.93 bits per heavy atom. The molecular weight excluding hydrogens is 189 g/mol. The predicted octanol–water partition coefficient (Wildman–Crippen LogP) is -2.74. The minimum absolute atomic E-state index is 0. The Bertz CT molecular complexity index is 322. The average Bonchev–Trinajstić information content (AvgIpc) is 2.03. The number of rotatable bonds is 2. The van der Waals surface area contributed by atoms with Crippen molar-refractivity contribution in [3.05, 3.63) is 30.1 Å². The number of nitrogens with zero attached hydrogens (tertiary/aromatic N) is 1. The van der Waals surface area contributed by atoms with Gasteiger partial charge in [0.1, 0.15) is 0 Å². The summed E-state index contributed by atoms with van der Waals surface area (Å²) in [5, 5.41) is 11.0. The van der Waals surface area contributed by atoms with Gasteiger partial charge in [-0.3, -0.25) is 4.98 Å². The molecule has 0 bridgehead atoms. The summed E-state index contributed by atoms with van der Waals surface area (Å²) in [6.07, 6.45) is 5.60. The maximum Gasteiger partial charge on any atom is 1.00 e. The summed E-state index contributed by atoms with van der Waals surface area (Å²) in [4.78, 5) is 14.8. The van der Waals surface area contributed by atoms with Gasteiger partial charge in [0.15, 0.2) is 0 Å². The van der Waals surface area contributed by atoms with E-state index < -0.39 is 11.4 Å². The van der Waals surface area contributed by atoms with Gasteiger partial charge in [0.25, 0.3) is 0 Å². The van der Waals surface area contributed by atoms with Gasteiger partial charge in [-0.2, -0.15) is 0 Å². The second-order valence-corrected chi connectivity index (χ2v) is 3.46. The molecule has 2 rings (SSSR count). The molecule has 1 heterocycles. The van der Waals surface area contributed by atoms with Crippen molar-refractivity contribution < 1.29 is 39.5 Å². The second kappa shape index (κ2) is 4.43. The van der Waals surface area contributed by atoms with Crippen LogP contribution < -0.4 is 34.7 Å². The summed E-state index contributed by atoms with van der Waals surface area (Å²) >= 11 is 0. The average molecular weight is 199 g/mol. The molecule has 3 nitrogen and oxygen atoms in total. The van der Waals surface area contributed by atoms with Gasteiger partial charge in [0.2, 0.25) is 0 Å². The van der Waals surface area contributed by atoms with Crippen LogP contribution in [0.4, 0.5) is 0 Å². The Morgan fingerprint density at radius 1 is 1.36 bits per heavy atom. The van der Waals surface area contributed by atoms with E-state index in [9.17, 15) is 9.90 Å². The van der Waals surface area contributed by atoms with Crippen LogP contribution in [0, 0.1) is 0 Å². The molecule has 0 saturated heterocycles. The smallest absolute Gasteiger partial charge is 0.549 e. The predicted molar refractivity (Wildman–Crippen MR) is 44.8 cm³/mol. The molecule has 0 aromatic carbocycles. The number of hydrogen-bond donors (Lipinski definition) is 0. The zero-order chi connectivity index (χ0) is 9.31. The molecule has 0 radical (unpaired) electrons. The Hall–Kier alpha value is -0.380. The summed E-state index contributed by atoms with van der Waals surface area (Å²) in [6, 6.07) is 3.52. The quantitative estimate of drug-likeness (QED) is 0.485. The maximum atomic E-state index is 11.0. The van der Waals surface area contributed by atoms with Gasteiger partial charge in [0, 0.05) is 17.8 Å². The number of hydrogen-bond acceptors (Lipinski definition) is 3. The van der Waals surface area contributed by atoms with Gasteiger partial charge < -0.3 is 9.90 Å². The van der Waals surface area contributed by atoms with Crippen molar-refractivity contribution in [3.63, 3.8) is 0 Å². The third-order valence-corrected chi connectivity index (χ3v) is 2.83. The standard InChI is InChI=1S/C10H11NO2.Na/c12-9(13)10(4-1-5-10)8-2-6-11-7-3-8;/h2-3,6-7H,1,4-5H2,(H,12,13);/q;+1/p-1. The number of aromatic nitrogens is 1. The van der Waals surface area contributed by atoms with E-state index in [4.69, 9.17) is 0 Å². The van der Waals surface area contributed by atoms with E-state index in [0.717, 1.165) is 12.0 Å². The molecule has 14 heavy (non-hydrogen) atoms. The molecule has 0 unspecified atom stereocenters. The molecule has 1 aromatic heterocycles. The second-order valence-electron chi connectivity index (χ2n) is 3.46. The normalized spacial score (nSPS) is 17.7. The maximum absolute atomic E-state index is 11.0. The Balaban J connectivity index is 0.000000980. The van der Waals surface area contributed by atoms with Crippen LogP contribution in [0.25, 0.3) is 0 Å². The van der Waals surface area contributed by atoms with Crippen LogP contribution in [0.15, 0.2) is 24.5 Å². The summed E-state index contributed by atoms with van der Waals surface area (Å²) < 4.78 is 0. The van der Waals surface area contributed by atoms with Crippen molar-refractivity contribution in [3.8, 4) is 0 Å². The molecule has 1 aliphatic rings. The Kier molecular flexibility index (Phi) is 3.70. The van der Waals surface area contributed by atoms with Crippen LogP contribution in [0.3, 0.4) is 0 Å². The molecule has 1 saturated carbocycles. The summed E-state index contributed by atoms with van der Waals surface area (Å²) in [5.41, 5.74) is 0.108. The minimum atomic E-state index is -0.954. The molecule has 1 aromatic rings. The van der Waals surface area contributed by atoms with Crippen molar-refractivity contribution in [2.45, 2.75) is 24.7 Å². The minimum Gasteiger partial charge on any atom is -0.549 e. The molecule has 1 aliphatic carbocycles. The Labute approximate surface area is 105 Å². The van der Waals surface area contributed by atoms with Crippen molar-refractivity contribution in [1.29, 1.82) is 0 Å². The number of carbonyl (C=O) groups excluding carboxylic acids is 1. The van der Waals surface area contributed by atoms with E-state index in [2.05, 4.69) is 4.98 Å². The summed E-state index contributed by atoms with van der Waals surface area (Å²) in [7, 11) is 0. The molecule has 0 aliphatic heterocycles. The van der Waals surface area contributed by atoms with Gasteiger partial charge >= 0.3 is 29.6 Å². The van der Waals surface area contributed by atoms with E-state index in [-0.39, 0.29) is 29.6 Å². The molecule has 0 atom stereocenters. The van der Waals surface area contributed by atoms with Crippen LogP contribution in [-0.2, 0) is 10.2 Å². The van der Waals surface area contributed by atoms with Crippen LogP contribution in [0.5, 0.6) is 0 Å². The molecule has 1 fully saturated rings. The van der Waals surface area contributed by atoms with Gasteiger partial charge in [-0.05, 0) is 30.5 Å². The molecular formula is C10H10NNaO2. The molecule has 0 amide bonds. The van der Waals surface area contributed by atoms with E-state index in [1.165, 1.54) is 0 Å². The van der Waals surface area contributed by atoms with E-state index in [1.807, 2.05) is 0 Å². The first-order valence-corrected chi connectivity index (χ1v) is 4.38. The van der Waals surface area contributed by atoms with Crippen molar-refractivity contribution in [2.75, 3.05) is 0 Å². The molecule has 4 heteroatoms. The van der Waals surface area contributed by atoms with Gasteiger partial charge in [0.05, 0.1) is 5.97 Å². The first kappa shape index (κ1) is 11.7. The van der Waals surface area contributed by atoms with Crippen LogP contribution in [0.2, 0.25) is 0 Å². The van der Waals surface area contributed by atoms with E-state index in [1.54, 1.807) is 24.5 Å². The summed E-state index contributed by atoms with van der Waals surface area (Å²) in [5.74, 6) is -0.954. The number of carboxylic acids is 1.